The molecule has 0 saturated heterocycles. The molecule has 5 heteroatoms. The highest BCUT2D eigenvalue weighted by atomic mass is 17.0. The van der Waals surface area contributed by atoms with E-state index in [9.17, 15) is 9.59 Å². The molecule has 0 unspecified atom stereocenters. The molecule has 98 valence electrons. The highest BCUT2D eigenvalue weighted by Gasteiger charge is 2.26. The topological polar surface area (TPSA) is 55.8 Å². The normalized spacial score (nSPS) is 17.6. The fourth-order valence-electron chi connectivity index (χ4n) is 1.83. The Morgan fingerprint density at radius 2 is 1.82 bits per heavy atom. The van der Waals surface area contributed by atoms with E-state index in [4.69, 9.17) is 9.68 Å². The van der Waals surface area contributed by atoms with Gasteiger partial charge in [0.25, 0.3) is 6.41 Å². The van der Waals surface area contributed by atoms with E-state index in [0.717, 1.165) is 25.7 Å². The van der Waals surface area contributed by atoms with Crippen LogP contribution < -0.4 is 0 Å². The molecule has 0 atom stereocenters. The molecular weight excluding hydrogens is 222 g/mol. The Kier molecular flexibility index (Phi) is 4.93. The number of hydroxylamine groups is 2. The van der Waals surface area contributed by atoms with Crippen molar-refractivity contribution in [1.82, 2.24) is 5.23 Å². The number of carbonyl (C=O) groups excluding carboxylic acids is 2. The zero-order chi connectivity index (χ0) is 12.9. The van der Waals surface area contributed by atoms with Crippen molar-refractivity contribution in [2.24, 2.45) is 5.92 Å². The third kappa shape index (κ3) is 5.17. The van der Waals surface area contributed by atoms with Crippen LogP contribution in [0.2, 0.25) is 0 Å². The van der Waals surface area contributed by atoms with Crippen LogP contribution in [0.4, 0.5) is 0 Å². The summed E-state index contributed by atoms with van der Waals surface area (Å²) in [4.78, 5) is 32.6. The second-order valence-corrected chi connectivity index (χ2v) is 5.34. The van der Waals surface area contributed by atoms with Gasteiger partial charge >= 0.3 is 5.97 Å². The van der Waals surface area contributed by atoms with Gasteiger partial charge in [0.05, 0.1) is 11.5 Å². The fourth-order valence-corrected chi connectivity index (χ4v) is 1.83. The molecule has 1 fully saturated rings. The van der Waals surface area contributed by atoms with E-state index < -0.39 is 5.60 Å². The molecular formula is C12H21NO4. The van der Waals surface area contributed by atoms with Gasteiger partial charge in [0.2, 0.25) is 0 Å². The van der Waals surface area contributed by atoms with Crippen LogP contribution in [0.1, 0.15) is 52.9 Å². The van der Waals surface area contributed by atoms with Gasteiger partial charge in [0, 0.05) is 0 Å². The van der Waals surface area contributed by atoms with Gasteiger partial charge in [-0.05, 0) is 38.8 Å². The SMILES string of the molecule is CC(C)(C)ON(C=O)OC(=O)C1CCCCC1. The second-order valence-electron chi connectivity index (χ2n) is 5.34. The zero-order valence-electron chi connectivity index (χ0n) is 10.8. The maximum Gasteiger partial charge on any atom is 0.338 e. The average Bonchev–Trinajstić information content (AvgIpc) is 2.27. The van der Waals surface area contributed by atoms with Crippen molar-refractivity contribution < 1.29 is 19.3 Å². The van der Waals surface area contributed by atoms with E-state index in [1.807, 2.05) is 0 Å². The predicted molar refractivity (Wildman–Crippen MR) is 61.4 cm³/mol. The smallest absolute Gasteiger partial charge is 0.312 e. The minimum atomic E-state index is -0.576. The maximum absolute atomic E-state index is 11.8. The molecule has 0 aromatic heterocycles. The quantitative estimate of drug-likeness (QED) is 0.561. The van der Waals surface area contributed by atoms with Gasteiger partial charge in [-0.3, -0.25) is 4.79 Å². The minimum Gasteiger partial charge on any atom is -0.312 e. The molecule has 1 aliphatic rings. The second kappa shape index (κ2) is 6.00. The summed E-state index contributed by atoms with van der Waals surface area (Å²) in [5.41, 5.74) is -0.576. The summed E-state index contributed by atoms with van der Waals surface area (Å²) in [5, 5.41) is 0.622. The minimum absolute atomic E-state index is 0.102. The molecule has 1 rings (SSSR count). The first-order valence-corrected chi connectivity index (χ1v) is 6.08. The molecule has 0 bridgehead atoms. The van der Waals surface area contributed by atoms with Gasteiger partial charge in [0.1, 0.15) is 0 Å². The first-order chi connectivity index (χ1) is 7.92. The molecule has 0 N–H and O–H groups in total. The Morgan fingerprint density at radius 3 is 2.29 bits per heavy atom. The standard InChI is InChI=1S/C12H21NO4/c1-12(2,3)17-13(9-14)16-11(15)10-7-5-4-6-8-10/h9-10H,4-8H2,1-3H3. The Bertz CT molecular complexity index is 266. The monoisotopic (exact) mass is 243 g/mol. The van der Waals surface area contributed by atoms with Crippen molar-refractivity contribution in [1.29, 1.82) is 0 Å². The fraction of sp³-hybridized carbons (Fsp3) is 0.833. The van der Waals surface area contributed by atoms with Crippen molar-refractivity contribution in [3.63, 3.8) is 0 Å². The Morgan fingerprint density at radius 1 is 1.24 bits per heavy atom. The highest BCUT2D eigenvalue weighted by Crippen LogP contribution is 2.25. The summed E-state index contributed by atoms with van der Waals surface area (Å²) in [6.45, 7) is 5.33. The Labute approximate surface area is 102 Å². The largest absolute Gasteiger partial charge is 0.338 e. The lowest BCUT2D eigenvalue weighted by Gasteiger charge is -2.27. The molecule has 0 aromatic rings. The summed E-state index contributed by atoms with van der Waals surface area (Å²) in [5.74, 6) is -0.476. The lowest BCUT2D eigenvalue weighted by Crippen LogP contribution is -2.36. The predicted octanol–water partition coefficient (Wildman–Crippen LogP) is 2.21. The van der Waals surface area contributed by atoms with Crippen molar-refractivity contribution >= 4 is 12.4 Å². The van der Waals surface area contributed by atoms with Gasteiger partial charge in [-0.2, -0.15) is 0 Å². The summed E-state index contributed by atoms with van der Waals surface area (Å²) in [7, 11) is 0. The van der Waals surface area contributed by atoms with Crippen LogP contribution in [0.5, 0.6) is 0 Å². The molecule has 1 saturated carbocycles. The lowest BCUT2D eigenvalue weighted by molar-refractivity contribution is -0.350. The van der Waals surface area contributed by atoms with E-state index >= 15 is 0 Å². The molecule has 0 heterocycles. The molecule has 0 aromatic carbocycles. The lowest BCUT2D eigenvalue weighted by atomic mass is 9.89. The van der Waals surface area contributed by atoms with E-state index in [1.165, 1.54) is 6.42 Å². The molecule has 0 aliphatic heterocycles. The van der Waals surface area contributed by atoms with Crippen LogP contribution in [0.25, 0.3) is 0 Å². The van der Waals surface area contributed by atoms with Gasteiger partial charge in [-0.15, -0.1) is 0 Å². The number of nitrogens with zero attached hydrogens (tertiary/aromatic N) is 1. The third-order valence-electron chi connectivity index (χ3n) is 2.57. The number of hydrogen-bond acceptors (Lipinski definition) is 4. The van der Waals surface area contributed by atoms with Crippen molar-refractivity contribution in [3.8, 4) is 0 Å². The summed E-state index contributed by atoms with van der Waals surface area (Å²) in [6, 6.07) is 0. The van der Waals surface area contributed by atoms with Crippen molar-refractivity contribution in [2.45, 2.75) is 58.5 Å². The van der Waals surface area contributed by atoms with Crippen LogP contribution in [-0.2, 0) is 19.3 Å². The first-order valence-electron chi connectivity index (χ1n) is 6.08. The van der Waals surface area contributed by atoms with Gasteiger partial charge in [-0.1, -0.05) is 19.3 Å². The maximum atomic E-state index is 11.8. The average molecular weight is 243 g/mol. The molecule has 0 spiro atoms. The van der Waals surface area contributed by atoms with E-state index in [0.29, 0.717) is 11.6 Å². The molecule has 1 aliphatic carbocycles. The zero-order valence-corrected chi connectivity index (χ0v) is 10.8. The Balaban J connectivity index is 2.44. The van der Waals surface area contributed by atoms with Crippen LogP contribution in [-0.4, -0.2) is 23.2 Å². The van der Waals surface area contributed by atoms with E-state index in [-0.39, 0.29) is 11.9 Å². The van der Waals surface area contributed by atoms with E-state index in [1.54, 1.807) is 20.8 Å². The number of rotatable bonds is 4. The Hall–Kier alpha value is -1.10. The van der Waals surface area contributed by atoms with Crippen LogP contribution in [0.15, 0.2) is 0 Å². The summed E-state index contributed by atoms with van der Waals surface area (Å²) in [6.07, 6.45) is 5.29. The summed E-state index contributed by atoms with van der Waals surface area (Å²) < 4.78 is 0. The van der Waals surface area contributed by atoms with Crippen LogP contribution in [0, 0.1) is 5.92 Å². The summed E-state index contributed by atoms with van der Waals surface area (Å²) >= 11 is 0. The molecule has 1 amide bonds. The van der Waals surface area contributed by atoms with Crippen molar-refractivity contribution in [2.75, 3.05) is 0 Å². The van der Waals surface area contributed by atoms with Crippen LogP contribution >= 0.6 is 0 Å². The van der Waals surface area contributed by atoms with Gasteiger partial charge < -0.3 is 4.84 Å². The van der Waals surface area contributed by atoms with Crippen molar-refractivity contribution in [3.05, 3.63) is 0 Å². The van der Waals surface area contributed by atoms with Gasteiger partial charge in [-0.25, -0.2) is 9.63 Å². The third-order valence-corrected chi connectivity index (χ3v) is 2.57. The number of amides is 1. The van der Waals surface area contributed by atoms with Gasteiger partial charge in [0.15, 0.2) is 0 Å². The number of carbonyl (C=O) groups is 2. The number of hydrogen-bond donors (Lipinski definition) is 0. The van der Waals surface area contributed by atoms with Crippen LogP contribution in [0.3, 0.4) is 0 Å². The highest BCUT2D eigenvalue weighted by molar-refractivity contribution is 5.72. The van der Waals surface area contributed by atoms with E-state index in [2.05, 4.69) is 0 Å². The molecule has 0 radical (unpaired) electrons. The molecule has 5 nitrogen and oxygen atoms in total. The molecule has 17 heavy (non-hydrogen) atoms. The first kappa shape index (κ1) is 14.0.